The minimum absolute atomic E-state index is 0.298. The van der Waals surface area contributed by atoms with Crippen LogP contribution in [0.5, 0.6) is 11.5 Å². The number of anilines is 2. The molecule has 0 radical (unpaired) electrons. The number of nitrogens with zero attached hydrogens (tertiary/aromatic N) is 2. The Morgan fingerprint density at radius 2 is 1.42 bits per heavy atom. The first-order valence-corrected chi connectivity index (χ1v) is 9.76. The van der Waals surface area contributed by atoms with Crippen LogP contribution in [0, 0.1) is 0 Å². The number of hydrogen-bond donors (Lipinski definition) is 0. The Hall–Kier alpha value is -4.06. The van der Waals surface area contributed by atoms with Gasteiger partial charge in [0.15, 0.2) is 0 Å². The van der Waals surface area contributed by atoms with Gasteiger partial charge >= 0.3 is 0 Å². The van der Waals surface area contributed by atoms with Crippen LogP contribution in [0.2, 0.25) is 0 Å². The lowest BCUT2D eigenvalue weighted by molar-refractivity contribution is -0.120. The Bertz CT molecular complexity index is 1160. The van der Waals surface area contributed by atoms with Crippen molar-refractivity contribution in [2.75, 3.05) is 31.1 Å². The van der Waals surface area contributed by atoms with Gasteiger partial charge < -0.3 is 14.4 Å². The van der Waals surface area contributed by atoms with E-state index in [2.05, 4.69) is 0 Å². The molecule has 0 fully saturated rings. The second-order valence-electron chi connectivity index (χ2n) is 6.97. The highest BCUT2D eigenvalue weighted by Crippen LogP contribution is 2.40. The van der Waals surface area contributed by atoms with Gasteiger partial charge in [-0.05, 0) is 29.8 Å². The van der Waals surface area contributed by atoms with Gasteiger partial charge in [-0.15, -0.1) is 0 Å². The third-order valence-electron chi connectivity index (χ3n) is 5.23. The van der Waals surface area contributed by atoms with Crippen molar-refractivity contribution < 1.29 is 19.1 Å². The van der Waals surface area contributed by atoms with Crippen molar-refractivity contribution in [1.82, 2.24) is 0 Å². The van der Waals surface area contributed by atoms with Crippen molar-refractivity contribution in [3.8, 4) is 11.5 Å². The van der Waals surface area contributed by atoms with E-state index in [0.717, 1.165) is 10.6 Å². The zero-order valence-electron chi connectivity index (χ0n) is 17.5. The van der Waals surface area contributed by atoms with Crippen LogP contribution in [-0.2, 0) is 9.59 Å². The third kappa shape index (κ3) is 3.53. The molecule has 0 saturated heterocycles. The number of amides is 2. The van der Waals surface area contributed by atoms with Gasteiger partial charge in [-0.1, -0.05) is 48.5 Å². The molecule has 0 aliphatic carbocycles. The number of methoxy groups -OCH3 is 2. The Morgan fingerprint density at radius 1 is 0.774 bits per heavy atom. The van der Waals surface area contributed by atoms with Crippen LogP contribution < -0.4 is 19.3 Å². The number of carbonyl (C=O) groups is 2. The molecule has 0 unspecified atom stereocenters. The fourth-order valence-electron chi connectivity index (χ4n) is 3.67. The topological polar surface area (TPSA) is 59.1 Å². The van der Waals surface area contributed by atoms with E-state index >= 15 is 0 Å². The van der Waals surface area contributed by atoms with E-state index in [1.54, 1.807) is 30.1 Å². The van der Waals surface area contributed by atoms with Crippen molar-refractivity contribution in [3.63, 3.8) is 0 Å². The molecule has 156 valence electrons. The molecule has 31 heavy (non-hydrogen) atoms. The molecule has 0 saturated carbocycles. The van der Waals surface area contributed by atoms with Crippen LogP contribution >= 0.6 is 0 Å². The van der Waals surface area contributed by atoms with Gasteiger partial charge in [-0.3, -0.25) is 9.59 Å². The molecule has 0 atom stereocenters. The molecule has 3 aromatic carbocycles. The molecule has 6 nitrogen and oxygen atoms in total. The van der Waals surface area contributed by atoms with Gasteiger partial charge in [0.2, 0.25) is 0 Å². The molecule has 0 aromatic heterocycles. The summed E-state index contributed by atoms with van der Waals surface area (Å²) in [5.41, 5.74) is 2.44. The molecular weight excluding hydrogens is 392 g/mol. The monoisotopic (exact) mass is 414 g/mol. The van der Waals surface area contributed by atoms with E-state index in [1.807, 2.05) is 60.7 Å². The highest BCUT2D eigenvalue weighted by molar-refractivity contribution is 6.46. The molecule has 6 heteroatoms. The highest BCUT2D eigenvalue weighted by atomic mass is 16.5. The summed E-state index contributed by atoms with van der Waals surface area (Å²) < 4.78 is 10.8. The minimum Gasteiger partial charge on any atom is -0.497 e. The zero-order valence-corrected chi connectivity index (χ0v) is 17.5. The molecule has 0 bridgehead atoms. The highest BCUT2D eigenvalue weighted by Gasteiger charge is 2.43. The summed E-state index contributed by atoms with van der Waals surface area (Å²) in [5.74, 6) is 0.0725. The SMILES string of the molecule is COc1ccc(OC)c(N2C(=O)C(c3ccccc3)=C(N(C)c3ccccc3)C2=O)c1. The van der Waals surface area contributed by atoms with Crippen LogP contribution in [0.25, 0.3) is 5.57 Å². The number of para-hydroxylation sites is 1. The summed E-state index contributed by atoms with van der Waals surface area (Å²) in [5, 5.41) is 0. The first kappa shape index (κ1) is 20.2. The van der Waals surface area contributed by atoms with Gasteiger partial charge in [-0.2, -0.15) is 0 Å². The van der Waals surface area contributed by atoms with E-state index in [1.165, 1.54) is 14.2 Å². The Labute approximate surface area is 180 Å². The van der Waals surface area contributed by atoms with Crippen LogP contribution in [0.15, 0.2) is 84.6 Å². The Kier molecular flexibility index (Phi) is 5.45. The summed E-state index contributed by atoms with van der Waals surface area (Å²) in [6.45, 7) is 0. The smallest absolute Gasteiger partial charge is 0.282 e. The fourth-order valence-corrected chi connectivity index (χ4v) is 3.67. The Balaban J connectivity index is 1.90. The van der Waals surface area contributed by atoms with E-state index < -0.39 is 11.8 Å². The molecule has 3 aromatic rings. The van der Waals surface area contributed by atoms with Crippen LogP contribution in [0.3, 0.4) is 0 Å². The molecule has 1 aliphatic rings. The molecule has 0 spiro atoms. The Morgan fingerprint density at radius 3 is 2.03 bits per heavy atom. The van der Waals surface area contributed by atoms with Gasteiger partial charge in [0.1, 0.15) is 17.2 Å². The van der Waals surface area contributed by atoms with Crippen molar-refractivity contribution >= 4 is 28.8 Å². The van der Waals surface area contributed by atoms with E-state index in [-0.39, 0.29) is 0 Å². The largest absolute Gasteiger partial charge is 0.497 e. The van der Waals surface area contributed by atoms with Crippen molar-refractivity contribution in [2.45, 2.75) is 0 Å². The minimum atomic E-state index is -0.429. The lowest BCUT2D eigenvalue weighted by Crippen LogP contribution is -2.34. The normalized spacial score (nSPS) is 13.6. The fraction of sp³-hybridized carbons (Fsp3) is 0.120. The standard InChI is InChI=1S/C25H22N2O4/c1-26(18-12-8-5-9-13-18)23-22(17-10-6-4-7-11-17)24(28)27(25(23)29)20-16-19(30-2)14-15-21(20)31-3/h4-16H,1-3H3. The second-order valence-corrected chi connectivity index (χ2v) is 6.97. The van der Waals surface area contributed by atoms with Crippen molar-refractivity contribution in [1.29, 1.82) is 0 Å². The summed E-state index contributed by atoms with van der Waals surface area (Å²) >= 11 is 0. The molecular formula is C25H22N2O4. The van der Waals surface area contributed by atoms with E-state index in [4.69, 9.17) is 9.47 Å². The average molecular weight is 414 g/mol. The van der Waals surface area contributed by atoms with Crippen molar-refractivity contribution in [3.05, 3.63) is 90.1 Å². The zero-order chi connectivity index (χ0) is 22.0. The number of hydrogen-bond acceptors (Lipinski definition) is 5. The first-order chi connectivity index (χ1) is 15.1. The van der Waals surface area contributed by atoms with E-state index in [0.29, 0.717) is 34.0 Å². The van der Waals surface area contributed by atoms with Crippen molar-refractivity contribution in [2.24, 2.45) is 0 Å². The molecule has 1 heterocycles. The maximum absolute atomic E-state index is 13.7. The van der Waals surface area contributed by atoms with Crippen LogP contribution in [0.4, 0.5) is 11.4 Å². The molecule has 1 aliphatic heterocycles. The number of imide groups is 1. The molecule has 4 rings (SSSR count). The number of likely N-dealkylation sites (N-methyl/N-ethyl adjacent to an activating group) is 1. The lowest BCUT2D eigenvalue weighted by atomic mass is 10.0. The lowest BCUT2D eigenvalue weighted by Gasteiger charge is -2.22. The molecule has 2 amide bonds. The number of benzene rings is 3. The number of ether oxygens (including phenoxy) is 2. The number of rotatable bonds is 6. The first-order valence-electron chi connectivity index (χ1n) is 9.76. The van der Waals surface area contributed by atoms with E-state index in [9.17, 15) is 9.59 Å². The quantitative estimate of drug-likeness (QED) is 0.568. The average Bonchev–Trinajstić information content (AvgIpc) is 3.08. The predicted molar refractivity (Wildman–Crippen MR) is 120 cm³/mol. The maximum Gasteiger partial charge on any atom is 0.282 e. The predicted octanol–water partition coefficient (Wildman–Crippen LogP) is 4.12. The van der Waals surface area contributed by atoms with Crippen LogP contribution in [0.1, 0.15) is 5.56 Å². The van der Waals surface area contributed by atoms with Gasteiger partial charge in [0.05, 0.1) is 25.5 Å². The second kappa shape index (κ2) is 8.36. The summed E-state index contributed by atoms with van der Waals surface area (Å²) in [7, 11) is 4.81. The summed E-state index contributed by atoms with van der Waals surface area (Å²) in [4.78, 5) is 30.2. The van der Waals surface area contributed by atoms with Gasteiger partial charge in [0, 0.05) is 18.8 Å². The maximum atomic E-state index is 13.7. The van der Waals surface area contributed by atoms with Gasteiger partial charge in [0.25, 0.3) is 11.8 Å². The number of carbonyl (C=O) groups excluding carboxylic acids is 2. The third-order valence-corrected chi connectivity index (χ3v) is 5.23. The van der Waals surface area contributed by atoms with Crippen LogP contribution in [-0.4, -0.2) is 33.1 Å². The summed E-state index contributed by atoms with van der Waals surface area (Å²) in [6.07, 6.45) is 0. The summed E-state index contributed by atoms with van der Waals surface area (Å²) in [6, 6.07) is 23.7. The van der Waals surface area contributed by atoms with Gasteiger partial charge in [-0.25, -0.2) is 4.90 Å². The molecule has 0 N–H and O–H groups in total.